The van der Waals surface area contributed by atoms with Gasteiger partial charge in [-0.1, -0.05) is 30.8 Å². The van der Waals surface area contributed by atoms with Crippen LogP contribution in [0.25, 0.3) is 0 Å². The SMILES string of the molecule is COc1ccc(C(=O)NC2(c3noc(C)n3)CCCCCC2)cc1S(=O)(=O)NC1CC1. The Morgan fingerprint density at radius 2 is 1.90 bits per heavy atom. The standard InChI is InChI=1S/C21H28N4O5S/c1-14-22-20(24-30-14)21(11-5-3-4-6-12-21)23-19(26)15-7-10-17(29-2)18(13-15)31(27,28)25-16-8-9-16/h7,10,13,16,25H,3-6,8-9,11-12H2,1-2H3,(H,23,26). The molecule has 1 heterocycles. The van der Waals surface area contributed by atoms with Crippen molar-refractivity contribution in [2.24, 2.45) is 0 Å². The average molecular weight is 449 g/mol. The molecule has 1 aromatic carbocycles. The van der Waals surface area contributed by atoms with Gasteiger partial charge in [-0.05, 0) is 43.9 Å². The number of hydrogen-bond acceptors (Lipinski definition) is 7. The largest absolute Gasteiger partial charge is 0.495 e. The van der Waals surface area contributed by atoms with Gasteiger partial charge >= 0.3 is 0 Å². The van der Waals surface area contributed by atoms with Gasteiger partial charge in [0.25, 0.3) is 5.91 Å². The summed E-state index contributed by atoms with van der Waals surface area (Å²) in [6, 6.07) is 4.39. The highest BCUT2D eigenvalue weighted by molar-refractivity contribution is 7.89. The Hall–Kier alpha value is -2.46. The number of amides is 1. The zero-order valence-corrected chi connectivity index (χ0v) is 18.6. The molecule has 2 saturated carbocycles. The quantitative estimate of drug-likeness (QED) is 0.624. The van der Waals surface area contributed by atoms with Crippen molar-refractivity contribution in [1.82, 2.24) is 20.2 Å². The molecule has 0 unspecified atom stereocenters. The molecule has 10 heteroatoms. The molecule has 1 aromatic heterocycles. The van der Waals surface area contributed by atoms with Crippen LogP contribution in [0.3, 0.4) is 0 Å². The molecule has 0 bridgehead atoms. The molecular formula is C21H28N4O5S. The molecule has 2 aliphatic rings. The molecule has 9 nitrogen and oxygen atoms in total. The molecule has 2 aliphatic carbocycles. The second-order valence-electron chi connectivity index (χ2n) is 8.35. The van der Waals surface area contributed by atoms with E-state index in [-0.39, 0.29) is 28.2 Å². The number of ether oxygens (including phenoxy) is 1. The van der Waals surface area contributed by atoms with Crippen LogP contribution in [0.5, 0.6) is 5.75 Å². The summed E-state index contributed by atoms with van der Waals surface area (Å²) in [5.41, 5.74) is -0.503. The van der Waals surface area contributed by atoms with Gasteiger partial charge < -0.3 is 14.6 Å². The van der Waals surface area contributed by atoms with Gasteiger partial charge in [-0.2, -0.15) is 4.98 Å². The van der Waals surface area contributed by atoms with Crippen LogP contribution in [0.2, 0.25) is 0 Å². The monoisotopic (exact) mass is 448 g/mol. The van der Waals surface area contributed by atoms with E-state index in [1.807, 2.05) is 0 Å². The molecule has 31 heavy (non-hydrogen) atoms. The number of carbonyl (C=O) groups is 1. The molecule has 2 fully saturated rings. The molecule has 1 amide bonds. The van der Waals surface area contributed by atoms with Crippen molar-refractivity contribution in [2.45, 2.75) is 74.8 Å². The fourth-order valence-electron chi connectivity index (χ4n) is 4.03. The molecule has 0 atom stereocenters. The van der Waals surface area contributed by atoms with Gasteiger partial charge in [0.2, 0.25) is 15.9 Å². The number of aromatic nitrogens is 2. The Morgan fingerprint density at radius 1 is 1.19 bits per heavy atom. The fourth-order valence-corrected chi connectivity index (χ4v) is 5.53. The van der Waals surface area contributed by atoms with Gasteiger partial charge in [0.15, 0.2) is 5.82 Å². The van der Waals surface area contributed by atoms with E-state index >= 15 is 0 Å². The highest BCUT2D eigenvalue weighted by Gasteiger charge is 2.39. The lowest BCUT2D eigenvalue weighted by Crippen LogP contribution is -2.46. The van der Waals surface area contributed by atoms with E-state index in [0.717, 1.165) is 38.5 Å². The summed E-state index contributed by atoms with van der Waals surface area (Å²) in [6.45, 7) is 1.72. The predicted octanol–water partition coefficient (Wildman–Crippen LogP) is 2.81. The Morgan fingerprint density at radius 3 is 2.48 bits per heavy atom. The molecule has 4 rings (SSSR count). The minimum Gasteiger partial charge on any atom is -0.495 e. The maximum Gasteiger partial charge on any atom is 0.252 e. The van der Waals surface area contributed by atoms with E-state index in [4.69, 9.17) is 9.26 Å². The zero-order valence-electron chi connectivity index (χ0n) is 17.8. The Kier molecular flexibility index (Phi) is 6.02. The van der Waals surface area contributed by atoms with E-state index in [1.165, 1.54) is 19.2 Å². The van der Waals surface area contributed by atoms with Crippen LogP contribution in [-0.2, 0) is 15.6 Å². The number of aryl methyl sites for hydroxylation is 1. The van der Waals surface area contributed by atoms with E-state index in [1.54, 1.807) is 13.0 Å². The van der Waals surface area contributed by atoms with Gasteiger partial charge in [0.05, 0.1) is 7.11 Å². The van der Waals surface area contributed by atoms with Crippen molar-refractivity contribution in [3.8, 4) is 5.75 Å². The summed E-state index contributed by atoms with van der Waals surface area (Å²) in [6.07, 6.45) is 7.04. The van der Waals surface area contributed by atoms with Gasteiger partial charge in [-0.3, -0.25) is 4.79 Å². The number of methoxy groups -OCH3 is 1. The Labute approximate surface area is 182 Å². The molecule has 0 aliphatic heterocycles. The Balaban J connectivity index is 1.65. The summed E-state index contributed by atoms with van der Waals surface area (Å²) >= 11 is 0. The summed E-state index contributed by atoms with van der Waals surface area (Å²) in [5.74, 6) is 0.728. The van der Waals surface area contributed by atoms with Crippen LogP contribution in [0, 0.1) is 6.92 Å². The second-order valence-corrected chi connectivity index (χ2v) is 10.0. The molecule has 0 radical (unpaired) electrons. The van der Waals surface area contributed by atoms with E-state index < -0.39 is 15.6 Å². The maximum absolute atomic E-state index is 13.3. The normalized spacial score (nSPS) is 18.9. The molecule has 0 saturated heterocycles. The first-order valence-corrected chi connectivity index (χ1v) is 12.1. The van der Waals surface area contributed by atoms with Crippen LogP contribution >= 0.6 is 0 Å². The Bertz CT molecular complexity index is 1050. The van der Waals surface area contributed by atoms with Gasteiger partial charge in [0.1, 0.15) is 16.2 Å². The van der Waals surface area contributed by atoms with Gasteiger partial charge in [-0.15, -0.1) is 0 Å². The lowest BCUT2D eigenvalue weighted by molar-refractivity contribution is 0.0876. The summed E-state index contributed by atoms with van der Waals surface area (Å²) < 4.78 is 38.7. The number of carbonyl (C=O) groups excluding carboxylic acids is 1. The second kappa shape index (κ2) is 8.58. The van der Waals surface area contributed by atoms with Crippen molar-refractivity contribution in [1.29, 1.82) is 0 Å². The zero-order chi connectivity index (χ0) is 22.1. The highest BCUT2D eigenvalue weighted by atomic mass is 32.2. The van der Waals surface area contributed by atoms with E-state index in [0.29, 0.717) is 24.6 Å². The van der Waals surface area contributed by atoms with Crippen LogP contribution < -0.4 is 14.8 Å². The van der Waals surface area contributed by atoms with Crippen LogP contribution in [0.4, 0.5) is 0 Å². The van der Waals surface area contributed by atoms with Crippen molar-refractivity contribution in [3.05, 3.63) is 35.5 Å². The lowest BCUT2D eigenvalue weighted by atomic mass is 9.88. The van der Waals surface area contributed by atoms with Gasteiger partial charge in [-0.25, -0.2) is 13.1 Å². The van der Waals surface area contributed by atoms with Crippen molar-refractivity contribution < 1.29 is 22.5 Å². The third-order valence-electron chi connectivity index (χ3n) is 5.88. The third kappa shape index (κ3) is 4.74. The number of nitrogens with one attached hydrogen (secondary N) is 2. The number of rotatable bonds is 7. The number of nitrogens with zero attached hydrogens (tertiary/aromatic N) is 2. The first-order chi connectivity index (χ1) is 14.8. The maximum atomic E-state index is 13.3. The van der Waals surface area contributed by atoms with E-state index in [2.05, 4.69) is 20.2 Å². The average Bonchev–Trinajstić information content (AvgIpc) is 3.49. The fraction of sp³-hybridized carbons (Fsp3) is 0.571. The van der Waals surface area contributed by atoms with Crippen LogP contribution in [0.15, 0.2) is 27.6 Å². The van der Waals surface area contributed by atoms with Crippen LogP contribution in [0.1, 0.15) is 73.4 Å². The number of sulfonamides is 1. The lowest BCUT2D eigenvalue weighted by Gasteiger charge is -2.30. The number of benzene rings is 1. The van der Waals surface area contributed by atoms with Crippen molar-refractivity contribution >= 4 is 15.9 Å². The summed E-state index contributed by atoms with van der Waals surface area (Å²) in [5, 5.41) is 7.20. The minimum atomic E-state index is -3.79. The summed E-state index contributed by atoms with van der Waals surface area (Å²) in [4.78, 5) is 17.6. The highest BCUT2D eigenvalue weighted by Crippen LogP contribution is 2.35. The van der Waals surface area contributed by atoms with Gasteiger partial charge in [0, 0.05) is 18.5 Å². The first kappa shape index (κ1) is 21.8. The topological polar surface area (TPSA) is 123 Å². The third-order valence-corrected chi connectivity index (χ3v) is 7.42. The molecule has 0 spiro atoms. The van der Waals surface area contributed by atoms with Crippen molar-refractivity contribution in [3.63, 3.8) is 0 Å². The van der Waals surface area contributed by atoms with Crippen LogP contribution in [-0.4, -0.2) is 37.6 Å². The predicted molar refractivity (Wildman–Crippen MR) is 112 cm³/mol. The summed E-state index contributed by atoms with van der Waals surface area (Å²) in [7, 11) is -2.39. The molecule has 2 N–H and O–H groups in total. The van der Waals surface area contributed by atoms with E-state index in [9.17, 15) is 13.2 Å². The first-order valence-electron chi connectivity index (χ1n) is 10.7. The molecule has 168 valence electrons. The smallest absolute Gasteiger partial charge is 0.252 e. The number of hydrogen-bond donors (Lipinski definition) is 2. The van der Waals surface area contributed by atoms with Crippen molar-refractivity contribution in [2.75, 3.05) is 7.11 Å². The molecular weight excluding hydrogens is 420 g/mol. The molecule has 2 aromatic rings. The minimum absolute atomic E-state index is 0.0418.